The Morgan fingerprint density at radius 1 is 1.57 bits per heavy atom. The van der Waals surface area contributed by atoms with E-state index in [1.807, 2.05) is 0 Å². The van der Waals surface area contributed by atoms with Crippen LogP contribution in [0.3, 0.4) is 0 Å². The van der Waals surface area contributed by atoms with Crippen molar-refractivity contribution in [1.29, 1.82) is 0 Å². The van der Waals surface area contributed by atoms with E-state index in [9.17, 15) is 9.90 Å². The van der Waals surface area contributed by atoms with Gasteiger partial charge < -0.3 is 9.90 Å². The molecule has 2 rings (SSSR count). The standard InChI is InChI=1S/C9H8BrNO2.K/c10-6-2-1-5-11-7(6)9(3-4-9)8(12)13;/h1-2,5H,3-4H2,(H,12,13);/q;+1/p-1. The fourth-order valence-corrected chi connectivity index (χ4v) is 2.03. The van der Waals surface area contributed by atoms with E-state index in [-0.39, 0.29) is 51.4 Å². The molecule has 0 bridgehead atoms. The molecular formula is C9H7BrKNO2. The van der Waals surface area contributed by atoms with Crippen LogP contribution in [0.2, 0.25) is 0 Å². The van der Waals surface area contributed by atoms with Gasteiger partial charge in [-0.3, -0.25) is 4.98 Å². The number of hydrogen-bond donors (Lipinski definition) is 0. The minimum atomic E-state index is -1.02. The first kappa shape index (κ1) is 12.8. The molecule has 14 heavy (non-hydrogen) atoms. The van der Waals surface area contributed by atoms with Crippen molar-refractivity contribution in [1.82, 2.24) is 4.98 Å². The fraction of sp³-hybridized carbons (Fsp3) is 0.333. The minimum absolute atomic E-state index is 0. The van der Waals surface area contributed by atoms with Crippen molar-refractivity contribution in [2.45, 2.75) is 18.3 Å². The molecule has 0 spiro atoms. The van der Waals surface area contributed by atoms with Crippen molar-refractivity contribution in [3.8, 4) is 0 Å². The van der Waals surface area contributed by atoms with Gasteiger partial charge in [0.2, 0.25) is 0 Å². The Hall–Kier alpha value is 0.736. The molecule has 1 aromatic heterocycles. The summed E-state index contributed by atoms with van der Waals surface area (Å²) in [7, 11) is 0. The average Bonchev–Trinajstić information content (AvgIpc) is 2.85. The third kappa shape index (κ3) is 2.12. The third-order valence-electron chi connectivity index (χ3n) is 2.35. The average molecular weight is 280 g/mol. The predicted octanol–water partition coefficient (Wildman–Crippen LogP) is -2.37. The van der Waals surface area contributed by atoms with Gasteiger partial charge in [0, 0.05) is 10.7 Å². The second kappa shape index (κ2) is 4.72. The summed E-state index contributed by atoms with van der Waals surface area (Å²) in [6.07, 6.45) is 2.86. The van der Waals surface area contributed by atoms with E-state index < -0.39 is 11.4 Å². The molecule has 1 saturated carbocycles. The number of carbonyl (C=O) groups excluding carboxylic acids is 1. The van der Waals surface area contributed by atoms with Gasteiger partial charge >= 0.3 is 51.4 Å². The second-order valence-electron chi connectivity index (χ2n) is 3.20. The summed E-state index contributed by atoms with van der Waals surface area (Å²) < 4.78 is 0.747. The van der Waals surface area contributed by atoms with E-state index in [0.717, 1.165) is 4.47 Å². The van der Waals surface area contributed by atoms with Gasteiger partial charge in [-0.2, -0.15) is 0 Å². The number of carboxylic acids is 1. The first-order chi connectivity index (χ1) is 6.17. The number of carbonyl (C=O) groups is 1. The Kier molecular flexibility index (Phi) is 4.31. The predicted molar refractivity (Wildman–Crippen MR) is 47.9 cm³/mol. The molecule has 1 aliphatic rings. The Balaban J connectivity index is 0.000000980. The Morgan fingerprint density at radius 2 is 2.21 bits per heavy atom. The van der Waals surface area contributed by atoms with Gasteiger partial charge in [-0.1, -0.05) is 0 Å². The molecule has 0 radical (unpaired) electrons. The number of nitrogens with zero attached hydrogens (tertiary/aromatic N) is 1. The Bertz CT molecular complexity index is 366. The minimum Gasteiger partial charge on any atom is -0.549 e. The van der Waals surface area contributed by atoms with Crippen molar-refractivity contribution < 1.29 is 61.3 Å². The van der Waals surface area contributed by atoms with E-state index in [0.29, 0.717) is 18.5 Å². The third-order valence-corrected chi connectivity index (χ3v) is 2.99. The van der Waals surface area contributed by atoms with Crippen LogP contribution in [0.1, 0.15) is 18.5 Å². The van der Waals surface area contributed by atoms with Crippen LogP contribution in [0.5, 0.6) is 0 Å². The number of rotatable bonds is 2. The number of aliphatic carboxylic acids is 1. The Morgan fingerprint density at radius 3 is 2.64 bits per heavy atom. The van der Waals surface area contributed by atoms with Crippen LogP contribution in [-0.4, -0.2) is 11.0 Å². The molecule has 3 nitrogen and oxygen atoms in total. The number of carboxylic acid groups (broad SMARTS) is 1. The monoisotopic (exact) mass is 279 g/mol. The number of aromatic nitrogens is 1. The first-order valence-corrected chi connectivity index (χ1v) is 4.78. The molecule has 1 aromatic rings. The van der Waals surface area contributed by atoms with E-state index in [1.54, 1.807) is 18.3 Å². The van der Waals surface area contributed by atoms with Crippen molar-refractivity contribution in [2.24, 2.45) is 0 Å². The van der Waals surface area contributed by atoms with Crippen molar-refractivity contribution in [3.05, 3.63) is 28.5 Å². The van der Waals surface area contributed by atoms with Crippen LogP contribution in [-0.2, 0) is 10.2 Å². The van der Waals surface area contributed by atoms with Gasteiger partial charge in [0.15, 0.2) is 0 Å². The maximum atomic E-state index is 10.9. The second-order valence-corrected chi connectivity index (χ2v) is 4.06. The molecule has 0 aliphatic heterocycles. The van der Waals surface area contributed by atoms with Crippen LogP contribution >= 0.6 is 15.9 Å². The van der Waals surface area contributed by atoms with Gasteiger partial charge in [0.25, 0.3) is 0 Å². The topological polar surface area (TPSA) is 53.0 Å². The number of hydrogen-bond acceptors (Lipinski definition) is 3. The Labute approximate surface area is 133 Å². The summed E-state index contributed by atoms with van der Waals surface area (Å²) in [6.45, 7) is 0. The van der Waals surface area contributed by atoms with Crippen LogP contribution in [0.25, 0.3) is 0 Å². The molecular weight excluding hydrogens is 273 g/mol. The van der Waals surface area contributed by atoms with Crippen LogP contribution < -0.4 is 56.5 Å². The molecule has 5 heteroatoms. The van der Waals surface area contributed by atoms with Gasteiger partial charge in [0.05, 0.1) is 17.1 Å². The molecule has 1 heterocycles. The normalized spacial score (nSPS) is 16.9. The summed E-state index contributed by atoms with van der Waals surface area (Å²) in [6, 6.07) is 3.56. The first-order valence-electron chi connectivity index (χ1n) is 3.99. The fourth-order valence-electron chi connectivity index (χ4n) is 1.40. The van der Waals surface area contributed by atoms with Gasteiger partial charge in [-0.25, -0.2) is 0 Å². The van der Waals surface area contributed by atoms with Crippen LogP contribution in [0, 0.1) is 0 Å². The van der Waals surface area contributed by atoms with Crippen LogP contribution in [0.4, 0.5) is 0 Å². The zero-order chi connectivity index (χ0) is 9.47. The summed E-state index contributed by atoms with van der Waals surface area (Å²) in [5.41, 5.74) is -0.227. The smallest absolute Gasteiger partial charge is 0.549 e. The summed E-state index contributed by atoms with van der Waals surface area (Å²) in [4.78, 5) is 14.9. The molecule has 0 N–H and O–H groups in total. The van der Waals surface area contributed by atoms with E-state index in [4.69, 9.17) is 0 Å². The number of halogens is 1. The van der Waals surface area contributed by atoms with E-state index >= 15 is 0 Å². The van der Waals surface area contributed by atoms with Crippen molar-refractivity contribution in [3.63, 3.8) is 0 Å². The van der Waals surface area contributed by atoms with Crippen molar-refractivity contribution >= 4 is 21.9 Å². The number of pyridine rings is 1. The maximum absolute atomic E-state index is 10.9. The molecule has 0 aromatic carbocycles. The van der Waals surface area contributed by atoms with Gasteiger partial charge in [-0.05, 0) is 40.9 Å². The molecule has 68 valence electrons. The maximum Gasteiger partial charge on any atom is 1.00 e. The largest absolute Gasteiger partial charge is 1.00 e. The van der Waals surface area contributed by atoms with E-state index in [2.05, 4.69) is 20.9 Å². The van der Waals surface area contributed by atoms with Gasteiger partial charge in [0.1, 0.15) is 0 Å². The molecule has 1 aliphatic carbocycles. The van der Waals surface area contributed by atoms with Crippen molar-refractivity contribution in [2.75, 3.05) is 0 Å². The van der Waals surface area contributed by atoms with E-state index in [1.165, 1.54) is 0 Å². The molecule has 0 saturated heterocycles. The molecule has 0 unspecified atom stereocenters. The quantitative estimate of drug-likeness (QED) is 0.569. The summed E-state index contributed by atoms with van der Waals surface area (Å²) in [5, 5.41) is 10.9. The zero-order valence-electron chi connectivity index (χ0n) is 7.79. The zero-order valence-corrected chi connectivity index (χ0v) is 12.5. The van der Waals surface area contributed by atoms with Crippen LogP contribution in [0.15, 0.2) is 22.8 Å². The molecule has 1 fully saturated rings. The summed E-state index contributed by atoms with van der Waals surface area (Å²) >= 11 is 3.29. The SMILES string of the molecule is O=C([O-])C1(c2ncccc2Br)CC1.[K+]. The molecule has 0 amide bonds. The van der Waals surface area contributed by atoms with Gasteiger partial charge in [-0.15, -0.1) is 0 Å². The summed E-state index contributed by atoms with van der Waals surface area (Å²) in [5.74, 6) is -1.02. The molecule has 0 atom stereocenters.